The molecule has 3 rings (SSSR count). The fourth-order valence-electron chi connectivity index (χ4n) is 5.85. The van der Waals surface area contributed by atoms with Gasteiger partial charge in [-0.3, -0.25) is 29.3 Å². The molecule has 4 amide bonds. The topological polar surface area (TPSA) is 226 Å². The van der Waals surface area contributed by atoms with Gasteiger partial charge in [-0.05, 0) is 62.3 Å². The number of carbonyl (C=O) groups excluding carboxylic acids is 4. The molecule has 1 saturated carbocycles. The van der Waals surface area contributed by atoms with Crippen LogP contribution in [0.1, 0.15) is 82.1 Å². The van der Waals surface area contributed by atoms with Gasteiger partial charge in [-0.1, -0.05) is 58.1 Å². The minimum atomic E-state index is -1.25. The number of nitrogens with two attached hydrogens (primary N) is 1. The van der Waals surface area contributed by atoms with Crippen molar-refractivity contribution in [3.05, 3.63) is 63.7 Å². The van der Waals surface area contributed by atoms with Gasteiger partial charge in [0.15, 0.2) is 0 Å². The largest absolute Gasteiger partial charge is 0.508 e. The Labute approximate surface area is 280 Å². The highest BCUT2D eigenvalue weighted by Gasteiger charge is 2.34. The average molecular weight is 669 g/mol. The fraction of sp³-hybridized carbons (Fsp3) is 0.529. The first kappa shape index (κ1) is 37.7. The number of nitro groups is 1. The zero-order valence-electron chi connectivity index (χ0n) is 28.0. The average Bonchev–Trinajstić information content (AvgIpc) is 3.03. The maximum absolute atomic E-state index is 13.7. The summed E-state index contributed by atoms with van der Waals surface area (Å²) < 4.78 is 0. The van der Waals surface area contributed by atoms with E-state index in [1.807, 2.05) is 13.8 Å². The molecule has 1 aliphatic carbocycles. The van der Waals surface area contributed by atoms with Gasteiger partial charge in [-0.2, -0.15) is 0 Å². The highest BCUT2D eigenvalue weighted by atomic mass is 16.6. The molecular weight excluding hydrogens is 620 g/mol. The van der Waals surface area contributed by atoms with Gasteiger partial charge >= 0.3 is 0 Å². The SMILES string of the molecule is CC(C)[C@H](NC(=O)[C@@H](N)CNC(=O)c1cc(O)ccc1O)C(=O)N[C@@H](CC1CCCCC1)C(=O)NC(C)(C)Cc1ccc([N+](=O)[O-])cc1. The lowest BCUT2D eigenvalue weighted by Gasteiger charge is -2.33. The molecule has 48 heavy (non-hydrogen) atoms. The van der Waals surface area contributed by atoms with Crippen LogP contribution >= 0.6 is 0 Å². The van der Waals surface area contributed by atoms with Crippen LogP contribution in [-0.2, 0) is 20.8 Å². The van der Waals surface area contributed by atoms with Crippen molar-refractivity contribution in [2.75, 3.05) is 6.54 Å². The maximum Gasteiger partial charge on any atom is 0.269 e. The van der Waals surface area contributed by atoms with Crippen LogP contribution < -0.4 is 27.0 Å². The second kappa shape index (κ2) is 16.9. The van der Waals surface area contributed by atoms with E-state index in [0.717, 1.165) is 49.8 Å². The molecule has 2 aromatic rings. The van der Waals surface area contributed by atoms with Gasteiger partial charge in [0.1, 0.15) is 29.6 Å². The number of nitrogens with one attached hydrogen (secondary N) is 4. The molecule has 0 radical (unpaired) electrons. The number of hydrogen-bond donors (Lipinski definition) is 7. The van der Waals surface area contributed by atoms with Crippen molar-refractivity contribution < 1.29 is 34.3 Å². The molecule has 0 heterocycles. The van der Waals surface area contributed by atoms with Crippen LogP contribution in [0, 0.1) is 22.0 Å². The van der Waals surface area contributed by atoms with Crippen molar-refractivity contribution in [3.63, 3.8) is 0 Å². The van der Waals surface area contributed by atoms with Crippen LogP contribution in [0.3, 0.4) is 0 Å². The lowest BCUT2D eigenvalue weighted by atomic mass is 9.84. The predicted octanol–water partition coefficient (Wildman–Crippen LogP) is 2.80. The lowest BCUT2D eigenvalue weighted by molar-refractivity contribution is -0.384. The fourth-order valence-corrected chi connectivity index (χ4v) is 5.85. The number of benzene rings is 2. The van der Waals surface area contributed by atoms with Crippen LogP contribution in [0.15, 0.2) is 42.5 Å². The Morgan fingerprint density at radius 2 is 1.60 bits per heavy atom. The number of phenolic OH excluding ortho intramolecular Hbond substituents is 2. The van der Waals surface area contributed by atoms with E-state index in [-0.39, 0.29) is 47.0 Å². The van der Waals surface area contributed by atoms with Gasteiger partial charge in [-0.25, -0.2) is 0 Å². The Morgan fingerprint density at radius 1 is 0.958 bits per heavy atom. The summed E-state index contributed by atoms with van der Waals surface area (Å²) in [5.74, 6) is -3.11. The van der Waals surface area contributed by atoms with Crippen molar-refractivity contribution in [2.45, 2.75) is 96.3 Å². The minimum absolute atomic E-state index is 0.0259. The second-order valence-electron chi connectivity index (χ2n) is 13.5. The molecule has 14 nitrogen and oxygen atoms in total. The van der Waals surface area contributed by atoms with E-state index in [1.54, 1.807) is 26.0 Å². The van der Waals surface area contributed by atoms with Crippen LogP contribution in [0.2, 0.25) is 0 Å². The summed E-state index contributed by atoms with van der Waals surface area (Å²) in [6.07, 6.45) is 5.92. The maximum atomic E-state index is 13.7. The third-order valence-corrected chi connectivity index (χ3v) is 8.47. The van der Waals surface area contributed by atoms with E-state index in [0.29, 0.717) is 12.8 Å². The zero-order valence-corrected chi connectivity index (χ0v) is 28.0. The number of nitro benzene ring substituents is 1. The number of aromatic hydroxyl groups is 2. The van der Waals surface area contributed by atoms with Crippen molar-refractivity contribution in [1.29, 1.82) is 0 Å². The number of non-ortho nitro benzene ring substituents is 1. The summed E-state index contributed by atoms with van der Waals surface area (Å²) in [4.78, 5) is 63.4. The molecule has 3 atom stereocenters. The smallest absolute Gasteiger partial charge is 0.269 e. The van der Waals surface area contributed by atoms with E-state index in [1.165, 1.54) is 18.2 Å². The molecule has 2 aromatic carbocycles. The molecule has 0 aromatic heterocycles. The Balaban J connectivity index is 1.67. The minimum Gasteiger partial charge on any atom is -0.508 e. The molecule has 8 N–H and O–H groups in total. The molecular formula is C34H48N6O8. The molecule has 0 saturated heterocycles. The summed E-state index contributed by atoms with van der Waals surface area (Å²) in [6, 6.07) is 6.42. The Kier molecular flexibility index (Phi) is 13.3. The van der Waals surface area contributed by atoms with Gasteiger partial charge in [0.2, 0.25) is 17.7 Å². The molecule has 0 spiro atoms. The van der Waals surface area contributed by atoms with Crippen LogP contribution in [0.5, 0.6) is 11.5 Å². The van der Waals surface area contributed by atoms with Crippen molar-refractivity contribution in [2.24, 2.45) is 17.6 Å². The monoisotopic (exact) mass is 668 g/mol. The van der Waals surface area contributed by atoms with Gasteiger partial charge in [-0.15, -0.1) is 0 Å². The number of phenols is 2. The summed E-state index contributed by atoms with van der Waals surface area (Å²) in [7, 11) is 0. The summed E-state index contributed by atoms with van der Waals surface area (Å²) in [6.45, 7) is 6.84. The first-order valence-corrected chi connectivity index (χ1v) is 16.3. The molecule has 0 aliphatic heterocycles. The van der Waals surface area contributed by atoms with Crippen LogP contribution in [-0.4, -0.2) is 69.0 Å². The second-order valence-corrected chi connectivity index (χ2v) is 13.5. The van der Waals surface area contributed by atoms with Gasteiger partial charge in [0, 0.05) is 24.2 Å². The van der Waals surface area contributed by atoms with E-state index in [4.69, 9.17) is 5.73 Å². The molecule has 14 heteroatoms. The van der Waals surface area contributed by atoms with E-state index < -0.39 is 46.3 Å². The Bertz CT molecular complexity index is 1460. The van der Waals surface area contributed by atoms with Crippen LogP contribution in [0.4, 0.5) is 5.69 Å². The standard InChI is InChI=1S/C34H48N6O8/c1-20(2)29(38-31(44)26(35)19-36-30(43)25-17-24(41)14-15-28(25)42)33(46)37-27(16-21-8-6-5-7-9-21)32(45)39-34(3,4)18-22-10-12-23(13-11-22)40(47)48/h10-15,17,20-21,26-27,29,41-42H,5-9,16,18-19,35H2,1-4H3,(H,36,43)(H,37,46)(H,38,44)(H,39,45)/t26-,27-,29-/m0/s1. The molecule has 1 fully saturated rings. The van der Waals surface area contributed by atoms with Gasteiger partial charge in [0.25, 0.3) is 11.6 Å². The quantitative estimate of drug-likeness (QED) is 0.0840. The van der Waals surface area contributed by atoms with Crippen molar-refractivity contribution >= 4 is 29.3 Å². The van der Waals surface area contributed by atoms with Gasteiger partial charge in [0.05, 0.1) is 10.5 Å². The Morgan fingerprint density at radius 3 is 2.21 bits per heavy atom. The van der Waals surface area contributed by atoms with E-state index in [9.17, 15) is 39.5 Å². The van der Waals surface area contributed by atoms with Crippen molar-refractivity contribution in [1.82, 2.24) is 21.3 Å². The Hall–Kier alpha value is -4.72. The van der Waals surface area contributed by atoms with Gasteiger partial charge < -0.3 is 37.2 Å². The first-order valence-electron chi connectivity index (χ1n) is 16.3. The number of amides is 4. The highest BCUT2D eigenvalue weighted by Crippen LogP contribution is 2.28. The summed E-state index contributed by atoms with van der Waals surface area (Å²) >= 11 is 0. The lowest BCUT2D eigenvalue weighted by Crippen LogP contribution is -2.60. The molecule has 0 unspecified atom stereocenters. The molecule has 262 valence electrons. The highest BCUT2D eigenvalue weighted by molar-refractivity contribution is 5.98. The number of nitrogens with zero attached hydrogens (tertiary/aromatic N) is 1. The third kappa shape index (κ3) is 11.2. The summed E-state index contributed by atoms with van der Waals surface area (Å²) in [5, 5.41) is 41.6. The predicted molar refractivity (Wildman–Crippen MR) is 179 cm³/mol. The zero-order chi connectivity index (χ0) is 35.6. The molecule has 0 bridgehead atoms. The molecule has 1 aliphatic rings. The van der Waals surface area contributed by atoms with Crippen molar-refractivity contribution in [3.8, 4) is 11.5 Å². The first-order chi connectivity index (χ1) is 22.6. The van der Waals surface area contributed by atoms with E-state index >= 15 is 0 Å². The number of hydrogen-bond acceptors (Lipinski definition) is 9. The third-order valence-electron chi connectivity index (χ3n) is 8.47. The van der Waals surface area contributed by atoms with Crippen LogP contribution in [0.25, 0.3) is 0 Å². The van der Waals surface area contributed by atoms with E-state index in [2.05, 4.69) is 21.3 Å². The summed E-state index contributed by atoms with van der Waals surface area (Å²) in [5.41, 5.74) is 5.85. The number of rotatable bonds is 15. The normalized spacial score (nSPS) is 15.5. The number of carbonyl (C=O) groups is 4.